The molecule has 3 rings (SSSR count). The van der Waals surface area contributed by atoms with Crippen LogP contribution in [0.5, 0.6) is 0 Å². The minimum absolute atomic E-state index is 0.473. The lowest BCUT2D eigenvalue weighted by Gasteiger charge is -2.32. The Hall–Kier alpha value is -0.870. The highest BCUT2D eigenvalue weighted by Gasteiger charge is 2.28. The molecule has 1 aromatic rings. The fraction of sp³-hybridized carbons (Fsp3) is 0.733. The number of piperidine rings is 1. The van der Waals surface area contributed by atoms with E-state index in [0.717, 1.165) is 30.3 Å². The molecule has 110 valence electrons. The van der Waals surface area contributed by atoms with Crippen LogP contribution in [0.25, 0.3) is 0 Å². The number of nitrogens with one attached hydrogen (secondary N) is 1. The molecule has 1 unspecified atom stereocenters. The van der Waals surface area contributed by atoms with Crippen molar-refractivity contribution >= 4 is 17.4 Å². The summed E-state index contributed by atoms with van der Waals surface area (Å²) >= 11 is 6.26. The van der Waals surface area contributed by atoms with Crippen LogP contribution in [0.1, 0.15) is 49.9 Å². The molecule has 2 heterocycles. The highest BCUT2D eigenvalue weighted by Crippen LogP contribution is 2.39. The van der Waals surface area contributed by atoms with E-state index in [1.807, 2.05) is 6.92 Å². The van der Waals surface area contributed by atoms with Crippen molar-refractivity contribution < 1.29 is 0 Å². The van der Waals surface area contributed by atoms with Gasteiger partial charge in [-0.3, -0.25) is 0 Å². The van der Waals surface area contributed by atoms with Gasteiger partial charge in [0, 0.05) is 24.1 Å². The number of aromatic nitrogens is 2. The summed E-state index contributed by atoms with van der Waals surface area (Å²) in [5.74, 6) is 2.40. The third-order valence-electron chi connectivity index (χ3n) is 4.34. The maximum Gasteiger partial charge on any atom is 0.137 e. The van der Waals surface area contributed by atoms with Gasteiger partial charge < -0.3 is 10.2 Å². The Bertz CT molecular complexity index is 487. The normalized spacial score (nSPS) is 23.9. The molecule has 20 heavy (non-hydrogen) atoms. The Morgan fingerprint density at radius 2 is 2.10 bits per heavy atom. The zero-order valence-corrected chi connectivity index (χ0v) is 13.1. The summed E-state index contributed by atoms with van der Waals surface area (Å²) in [6.07, 6.45) is 4.85. The maximum absolute atomic E-state index is 6.26. The van der Waals surface area contributed by atoms with Crippen LogP contribution in [0.15, 0.2) is 0 Å². The Morgan fingerprint density at radius 3 is 2.80 bits per heavy atom. The summed E-state index contributed by atoms with van der Waals surface area (Å²) in [7, 11) is 0. The Labute approximate surface area is 125 Å². The van der Waals surface area contributed by atoms with Crippen LogP contribution in [-0.2, 0) is 0 Å². The number of anilines is 1. The molecule has 1 aliphatic heterocycles. The molecule has 1 saturated heterocycles. The van der Waals surface area contributed by atoms with Gasteiger partial charge in [-0.05, 0) is 45.7 Å². The molecule has 0 radical (unpaired) electrons. The van der Waals surface area contributed by atoms with E-state index in [2.05, 4.69) is 22.1 Å². The fourth-order valence-corrected chi connectivity index (χ4v) is 3.00. The van der Waals surface area contributed by atoms with Gasteiger partial charge in [-0.15, -0.1) is 0 Å². The van der Waals surface area contributed by atoms with Crippen LogP contribution in [0.2, 0.25) is 5.15 Å². The van der Waals surface area contributed by atoms with Crippen molar-refractivity contribution in [2.75, 3.05) is 25.0 Å². The molecule has 0 bridgehead atoms. The van der Waals surface area contributed by atoms with E-state index in [1.165, 1.54) is 32.2 Å². The van der Waals surface area contributed by atoms with Crippen LogP contribution in [0.4, 0.5) is 5.82 Å². The second kappa shape index (κ2) is 5.86. The zero-order valence-electron chi connectivity index (χ0n) is 12.3. The molecule has 0 aromatic carbocycles. The SMILES string of the molecule is CCN1CCCC(Nc2nc(C3CC3)nc(Cl)c2C)C1. The van der Waals surface area contributed by atoms with Crippen molar-refractivity contribution in [1.29, 1.82) is 0 Å². The van der Waals surface area contributed by atoms with Crippen molar-refractivity contribution in [2.24, 2.45) is 0 Å². The Morgan fingerprint density at radius 1 is 1.30 bits per heavy atom. The van der Waals surface area contributed by atoms with E-state index in [0.29, 0.717) is 17.1 Å². The summed E-state index contributed by atoms with van der Waals surface area (Å²) in [6.45, 7) is 7.65. The van der Waals surface area contributed by atoms with Gasteiger partial charge >= 0.3 is 0 Å². The number of nitrogens with zero attached hydrogens (tertiary/aromatic N) is 3. The number of halogens is 1. The lowest BCUT2D eigenvalue weighted by atomic mass is 10.1. The first kappa shape index (κ1) is 14.1. The molecule has 4 nitrogen and oxygen atoms in total. The van der Waals surface area contributed by atoms with Crippen LogP contribution in [0.3, 0.4) is 0 Å². The highest BCUT2D eigenvalue weighted by molar-refractivity contribution is 6.30. The fourth-order valence-electron chi connectivity index (χ4n) is 2.82. The van der Waals surface area contributed by atoms with Crippen molar-refractivity contribution in [3.05, 3.63) is 16.5 Å². The van der Waals surface area contributed by atoms with E-state index < -0.39 is 0 Å². The number of likely N-dealkylation sites (N-methyl/N-ethyl adjacent to an activating group) is 1. The summed E-state index contributed by atoms with van der Waals surface area (Å²) < 4.78 is 0. The lowest BCUT2D eigenvalue weighted by molar-refractivity contribution is 0.226. The molecule has 0 spiro atoms. The zero-order chi connectivity index (χ0) is 14.1. The third-order valence-corrected chi connectivity index (χ3v) is 4.71. The first-order valence-electron chi connectivity index (χ1n) is 7.70. The summed E-state index contributed by atoms with van der Waals surface area (Å²) in [4.78, 5) is 11.6. The molecule has 0 amide bonds. The largest absolute Gasteiger partial charge is 0.366 e. The van der Waals surface area contributed by atoms with Crippen LogP contribution in [0, 0.1) is 6.92 Å². The molecule has 2 fully saturated rings. The summed E-state index contributed by atoms with van der Waals surface area (Å²) in [5, 5.41) is 4.20. The van der Waals surface area contributed by atoms with Gasteiger partial charge in [0.15, 0.2) is 0 Å². The monoisotopic (exact) mass is 294 g/mol. The second-order valence-electron chi connectivity index (χ2n) is 6.00. The Balaban J connectivity index is 1.75. The lowest BCUT2D eigenvalue weighted by Crippen LogP contribution is -2.42. The van der Waals surface area contributed by atoms with Gasteiger partial charge in [-0.1, -0.05) is 18.5 Å². The standard InChI is InChI=1S/C15H23ClN4/c1-3-20-8-4-5-12(9-20)17-14-10(2)13(16)18-15(19-14)11-6-7-11/h11-12H,3-9H2,1-2H3,(H,17,18,19). The van der Waals surface area contributed by atoms with E-state index in [-0.39, 0.29) is 0 Å². The van der Waals surface area contributed by atoms with E-state index in [9.17, 15) is 0 Å². The third kappa shape index (κ3) is 3.07. The van der Waals surface area contributed by atoms with Crippen LogP contribution >= 0.6 is 11.6 Å². The van der Waals surface area contributed by atoms with E-state index in [1.54, 1.807) is 0 Å². The molecular weight excluding hydrogens is 272 g/mol. The second-order valence-corrected chi connectivity index (χ2v) is 6.36. The van der Waals surface area contributed by atoms with Gasteiger partial charge in [0.25, 0.3) is 0 Å². The molecule has 5 heteroatoms. The smallest absolute Gasteiger partial charge is 0.137 e. The molecule has 1 aliphatic carbocycles. The quantitative estimate of drug-likeness (QED) is 0.866. The summed E-state index contributed by atoms with van der Waals surface area (Å²) in [5.41, 5.74) is 0.977. The summed E-state index contributed by atoms with van der Waals surface area (Å²) in [6, 6.07) is 0.473. The van der Waals surface area contributed by atoms with Crippen molar-refractivity contribution in [2.45, 2.75) is 51.5 Å². The van der Waals surface area contributed by atoms with Gasteiger partial charge in [0.05, 0.1) is 0 Å². The predicted molar refractivity (Wildman–Crippen MR) is 82.5 cm³/mol. The number of hydrogen-bond donors (Lipinski definition) is 1. The first-order valence-corrected chi connectivity index (χ1v) is 8.08. The first-order chi connectivity index (χ1) is 9.67. The molecule has 1 aromatic heterocycles. The number of rotatable bonds is 4. The van der Waals surface area contributed by atoms with Gasteiger partial charge in [-0.2, -0.15) is 0 Å². The average molecular weight is 295 g/mol. The number of likely N-dealkylation sites (tertiary alicyclic amines) is 1. The Kier molecular flexibility index (Phi) is 4.13. The molecule has 1 N–H and O–H groups in total. The van der Waals surface area contributed by atoms with E-state index in [4.69, 9.17) is 16.6 Å². The predicted octanol–water partition coefficient (Wildman–Crippen LogP) is 3.21. The maximum atomic E-state index is 6.26. The topological polar surface area (TPSA) is 41.0 Å². The average Bonchev–Trinajstić information content (AvgIpc) is 3.28. The molecule has 1 saturated carbocycles. The van der Waals surface area contributed by atoms with Crippen LogP contribution in [-0.4, -0.2) is 40.5 Å². The van der Waals surface area contributed by atoms with Gasteiger partial charge in [0.1, 0.15) is 16.8 Å². The minimum Gasteiger partial charge on any atom is -0.366 e. The van der Waals surface area contributed by atoms with Gasteiger partial charge in [0.2, 0.25) is 0 Å². The van der Waals surface area contributed by atoms with Crippen molar-refractivity contribution in [3.63, 3.8) is 0 Å². The van der Waals surface area contributed by atoms with Crippen molar-refractivity contribution in [1.82, 2.24) is 14.9 Å². The van der Waals surface area contributed by atoms with Gasteiger partial charge in [-0.25, -0.2) is 9.97 Å². The van der Waals surface area contributed by atoms with Crippen molar-refractivity contribution in [3.8, 4) is 0 Å². The number of hydrogen-bond acceptors (Lipinski definition) is 4. The van der Waals surface area contributed by atoms with E-state index >= 15 is 0 Å². The molecule has 2 aliphatic rings. The van der Waals surface area contributed by atoms with Crippen LogP contribution < -0.4 is 5.32 Å². The molecular formula is C15H23ClN4. The highest BCUT2D eigenvalue weighted by atomic mass is 35.5. The molecule has 1 atom stereocenters. The minimum atomic E-state index is 0.473.